The predicted octanol–water partition coefficient (Wildman–Crippen LogP) is 1.82. The predicted molar refractivity (Wildman–Crippen MR) is 50.5 cm³/mol. The van der Waals surface area contributed by atoms with Crippen molar-refractivity contribution < 1.29 is 0 Å². The van der Waals surface area contributed by atoms with Gasteiger partial charge in [-0.1, -0.05) is 19.9 Å². The van der Waals surface area contributed by atoms with Gasteiger partial charge in [-0.25, -0.2) is 0 Å². The molecule has 1 heterocycles. The van der Waals surface area contributed by atoms with Crippen LogP contribution in [-0.2, 0) is 7.05 Å². The van der Waals surface area contributed by atoms with Crippen molar-refractivity contribution in [3.8, 4) is 0 Å². The smallest absolute Gasteiger partial charge is 0.253 e. The second kappa shape index (κ2) is 3.13. The first-order valence-electron chi connectivity index (χ1n) is 4.20. The first-order valence-corrected chi connectivity index (χ1v) is 4.20. The Balaban J connectivity index is 3.37. The summed E-state index contributed by atoms with van der Waals surface area (Å²) >= 11 is 0. The van der Waals surface area contributed by atoms with Crippen LogP contribution in [-0.4, -0.2) is 4.57 Å². The third-order valence-electron chi connectivity index (χ3n) is 2.21. The first kappa shape index (κ1) is 9.04. The van der Waals surface area contributed by atoms with Crippen molar-refractivity contribution in [2.24, 2.45) is 7.05 Å². The molecule has 12 heavy (non-hydrogen) atoms. The summed E-state index contributed by atoms with van der Waals surface area (Å²) in [5, 5.41) is 0. The third kappa shape index (κ3) is 1.42. The zero-order chi connectivity index (χ0) is 9.30. The molecular formula is C10H15NO. The number of hydrogen-bond acceptors (Lipinski definition) is 1. The number of nitrogens with zero attached hydrogens (tertiary/aromatic N) is 1. The molecule has 0 radical (unpaired) electrons. The van der Waals surface area contributed by atoms with Crippen molar-refractivity contribution in [1.82, 2.24) is 4.57 Å². The molecule has 0 unspecified atom stereocenters. The lowest BCUT2D eigenvalue weighted by Crippen LogP contribution is -2.23. The highest BCUT2D eigenvalue weighted by Crippen LogP contribution is 2.08. The summed E-state index contributed by atoms with van der Waals surface area (Å²) in [5.74, 6) is 0.310. The molecule has 0 aliphatic carbocycles. The largest absolute Gasteiger partial charge is 0.316 e. The van der Waals surface area contributed by atoms with E-state index in [9.17, 15) is 4.79 Å². The summed E-state index contributed by atoms with van der Waals surface area (Å²) < 4.78 is 1.69. The molecule has 0 saturated heterocycles. The van der Waals surface area contributed by atoms with Gasteiger partial charge in [0.25, 0.3) is 5.56 Å². The maximum absolute atomic E-state index is 11.6. The molecule has 0 aromatic carbocycles. The van der Waals surface area contributed by atoms with E-state index >= 15 is 0 Å². The zero-order valence-corrected chi connectivity index (χ0v) is 8.09. The van der Waals surface area contributed by atoms with Gasteiger partial charge in [-0.15, -0.1) is 0 Å². The molecule has 1 aromatic rings. The van der Waals surface area contributed by atoms with Gasteiger partial charge >= 0.3 is 0 Å². The van der Waals surface area contributed by atoms with Crippen LogP contribution in [0.5, 0.6) is 0 Å². The van der Waals surface area contributed by atoms with Gasteiger partial charge in [0.15, 0.2) is 0 Å². The molecular weight excluding hydrogens is 150 g/mol. The normalized spacial score (nSPS) is 10.8. The summed E-state index contributed by atoms with van der Waals surface area (Å²) in [5.41, 5.74) is 2.03. The average Bonchev–Trinajstić information content (AvgIpc) is 2.00. The van der Waals surface area contributed by atoms with Gasteiger partial charge in [0, 0.05) is 18.3 Å². The van der Waals surface area contributed by atoms with Crippen LogP contribution in [0.1, 0.15) is 31.0 Å². The lowest BCUT2D eigenvalue weighted by atomic mass is 10.1. The molecule has 0 aliphatic rings. The van der Waals surface area contributed by atoms with E-state index in [1.807, 2.05) is 40.0 Å². The van der Waals surface area contributed by atoms with Gasteiger partial charge in [0.05, 0.1) is 0 Å². The molecule has 0 amide bonds. The van der Waals surface area contributed by atoms with Crippen LogP contribution in [0.4, 0.5) is 0 Å². The lowest BCUT2D eigenvalue weighted by molar-refractivity contribution is 0.759. The van der Waals surface area contributed by atoms with Crippen molar-refractivity contribution >= 4 is 0 Å². The highest BCUT2D eigenvalue weighted by atomic mass is 16.1. The fraction of sp³-hybridized carbons (Fsp3) is 0.500. The molecule has 2 nitrogen and oxygen atoms in total. The van der Waals surface area contributed by atoms with Crippen molar-refractivity contribution in [2.45, 2.75) is 26.7 Å². The molecule has 1 aromatic heterocycles. The van der Waals surface area contributed by atoms with Gasteiger partial charge in [-0.3, -0.25) is 4.79 Å². The lowest BCUT2D eigenvalue weighted by Gasteiger charge is -2.08. The van der Waals surface area contributed by atoms with E-state index in [1.165, 1.54) is 0 Å². The van der Waals surface area contributed by atoms with Crippen molar-refractivity contribution in [1.29, 1.82) is 0 Å². The van der Waals surface area contributed by atoms with Crippen molar-refractivity contribution in [2.75, 3.05) is 0 Å². The molecule has 0 N–H and O–H groups in total. The number of hydrogen-bond donors (Lipinski definition) is 0. The molecule has 2 heteroatoms. The van der Waals surface area contributed by atoms with Crippen LogP contribution in [0.25, 0.3) is 0 Å². The van der Waals surface area contributed by atoms with Gasteiger partial charge in [-0.2, -0.15) is 0 Å². The Morgan fingerprint density at radius 1 is 1.33 bits per heavy atom. The van der Waals surface area contributed by atoms with Crippen LogP contribution in [0.2, 0.25) is 0 Å². The maximum atomic E-state index is 11.6. The molecule has 0 saturated carbocycles. The summed E-state index contributed by atoms with van der Waals surface area (Å²) in [6.07, 6.45) is 0. The molecule has 0 spiro atoms. The topological polar surface area (TPSA) is 22.0 Å². The van der Waals surface area contributed by atoms with E-state index in [0.717, 1.165) is 11.3 Å². The van der Waals surface area contributed by atoms with Crippen LogP contribution in [0.15, 0.2) is 16.9 Å². The minimum Gasteiger partial charge on any atom is -0.316 e. The first-order chi connectivity index (χ1) is 5.54. The Morgan fingerprint density at radius 3 is 2.42 bits per heavy atom. The second-order valence-electron chi connectivity index (χ2n) is 3.45. The highest BCUT2D eigenvalue weighted by molar-refractivity contribution is 5.17. The summed E-state index contributed by atoms with van der Waals surface area (Å²) in [6.45, 7) is 6.00. The SMILES string of the molecule is Cc1ccc(C(C)C)c(=O)n1C. The van der Waals surface area contributed by atoms with E-state index in [2.05, 4.69) is 0 Å². The van der Waals surface area contributed by atoms with Gasteiger partial charge < -0.3 is 4.57 Å². The van der Waals surface area contributed by atoms with E-state index in [-0.39, 0.29) is 5.56 Å². The van der Waals surface area contributed by atoms with Crippen molar-refractivity contribution in [3.63, 3.8) is 0 Å². The fourth-order valence-corrected chi connectivity index (χ4v) is 1.19. The molecule has 0 atom stereocenters. The Bertz CT molecular complexity index is 336. The van der Waals surface area contributed by atoms with Gasteiger partial charge in [-0.05, 0) is 18.9 Å². The van der Waals surface area contributed by atoms with Crippen LogP contribution in [0.3, 0.4) is 0 Å². The Kier molecular flexibility index (Phi) is 2.36. The summed E-state index contributed by atoms with van der Waals surface area (Å²) in [4.78, 5) is 11.6. The number of rotatable bonds is 1. The average molecular weight is 165 g/mol. The van der Waals surface area contributed by atoms with Crippen LogP contribution >= 0.6 is 0 Å². The highest BCUT2D eigenvalue weighted by Gasteiger charge is 2.05. The van der Waals surface area contributed by atoms with Crippen LogP contribution in [0, 0.1) is 6.92 Å². The van der Waals surface area contributed by atoms with Crippen molar-refractivity contribution in [3.05, 3.63) is 33.7 Å². The molecule has 0 bridgehead atoms. The van der Waals surface area contributed by atoms with Crippen LogP contribution < -0.4 is 5.56 Å². The van der Waals surface area contributed by atoms with E-state index in [4.69, 9.17) is 0 Å². The Hall–Kier alpha value is -1.05. The summed E-state index contributed by atoms with van der Waals surface area (Å²) in [6, 6.07) is 3.90. The van der Waals surface area contributed by atoms with E-state index < -0.39 is 0 Å². The fourth-order valence-electron chi connectivity index (χ4n) is 1.19. The van der Waals surface area contributed by atoms with E-state index in [0.29, 0.717) is 5.92 Å². The Morgan fingerprint density at radius 2 is 1.92 bits per heavy atom. The zero-order valence-electron chi connectivity index (χ0n) is 8.09. The number of aryl methyl sites for hydroxylation is 1. The minimum atomic E-state index is 0.130. The summed E-state index contributed by atoms with van der Waals surface area (Å²) in [7, 11) is 1.81. The van der Waals surface area contributed by atoms with Gasteiger partial charge in [0.1, 0.15) is 0 Å². The molecule has 0 aliphatic heterocycles. The molecule has 66 valence electrons. The minimum absolute atomic E-state index is 0.130. The number of aromatic nitrogens is 1. The molecule has 1 rings (SSSR count). The standard InChI is InChI=1S/C10H15NO/c1-7(2)9-6-5-8(3)11(4)10(9)12/h5-7H,1-4H3. The maximum Gasteiger partial charge on any atom is 0.253 e. The monoisotopic (exact) mass is 165 g/mol. The van der Waals surface area contributed by atoms with E-state index in [1.54, 1.807) is 4.57 Å². The number of pyridine rings is 1. The Labute approximate surface area is 72.8 Å². The third-order valence-corrected chi connectivity index (χ3v) is 2.21. The quantitative estimate of drug-likeness (QED) is 0.622. The molecule has 0 fully saturated rings. The second-order valence-corrected chi connectivity index (χ2v) is 3.45. The van der Waals surface area contributed by atoms with Gasteiger partial charge in [0.2, 0.25) is 0 Å².